The van der Waals surface area contributed by atoms with Crippen molar-refractivity contribution in [3.63, 3.8) is 0 Å². The molecule has 0 heterocycles. The third kappa shape index (κ3) is 2.99. The second kappa shape index (κ2) is 5.89. The summed E-state index contributed by atoms with van der Waals surface area (Å²) in [6.07, 6.45) is 1.24. The maximum absolute atomic E-state index is 12.2. The first-order chi connectivity index (χ1) is 10.4. The minimum Gasteiger partial charge on any atom is -0.504 e. The summed E-state index contributed by atoms with van der Waals surface area (Å²) in [6, 6.07) is 9.07. The molecule has 2 rings (SSSR count). The van der Waals surface area contributed by atoms with Crippen molar-refractivity contribution in [1.29, 1.82) is 5.26 Å². The number of nitrogens with zero attached hydrogens (tertiary/aromatic N) is 1. The van der Waals surface area contributed by atoms with E-state index in [2.05, 4.69) is 0 Å². The molecule has 2 aromatic carbocycles. The Morgan fingerprint density at radius 2 is 1.50 bits per heavy atom. The van der Waals surface area contributed by atoms with Gasteiger partial charge in [-0.2, -0.15) is 5.26 Å². The number of carbonyl (C=O) groups excluding carboxylic acids is 1. The van der Waals surface area contributed by atoms with Gasteiger partial charge in [-0.05, 0) is 42.0 Å². The molecule has 0 aliphatic carbocycles. The average Bonchev–Trinajstić information content (AvgIpc) is 2.50. The van der Waals surface area contributed by atoms with Gasteiger partial charge in [0.05, 0.1) is 0 Å². The number of phenolic OH excluding ortho intramolecular Hbond substituents is 4. The van der Waals surface area contributed by atoms with Crippen molar-refractivity contribution < 1.29 is 25.2 Å². The quantitative estimate of drug-likeness (QED) is 0.298. The molecule has 0 aliphatic rings. The van der Waals surface area contributed by atoms with E-state index in [1.807, 2.05) is 0 Å². The van der Waals surface area contributed by atoms with Crippen LogP contribution in [0.5, 0.6) is 23.0 Å². The number of hydrogen-bond donors (Lipinski definition) is 4. The second-order valence-corrected chi connectivity index (χ2v) is 4.45. The number of benzene rings is 2. The number of allylic oxidation sites excluding steroid dienone is 1. The van der Waals surface area contributed by atoms with E-state index in [0.717, 1.165) is 12.1 Å². The van der Waals surface area contributed by atoms with Crippen LogP contribution < -0.4 is 0 Å². The van der Waals surface area contributed by atoms with Gasteiger partial charge in [-0.1, -0.05) is 6.07 Å². The van der Waals surface area contributed by atoms with E-state index in [0.29, 0.717) is 5.56 Å². The summed E-state index contributed by atoms with van der Waals surface area (Å²) in [6.45, 7) is 0. The van der Waals surface area contributed by atoms with Gasteiger partial charge in [-0.25, -0.2) is 0 Å². The van der Waals surface area contributed by atoms with E-state index in [-0.39, 0.29) is 28.4 Å². The molecule has 2 aromatic rings. The Hall–Kier alpha value is -3.46. The summed E-state index contributed by atoms with van der Waals surface area (Å²) in [5, 5.41) is 46.3. The number of Topliss-reactive ketones (excluding diaryl/α,β-unsaturated/α-hetero) is 1. The van der Waals surface area contributed by atoms with Gasteiger partial charge in [0.15, 0.2) is 23.0 Å². The summed E-state index contributed by atoms with van der Waals surface area (Å²) in [4.78, 5) is 12.2. The summed E-state index contributed by atoms with van der Waals surface area (Å²) in [7, 11) is 0. The highest BCUT2D eigenvalue weighted by Gasteiger charge is 2.14. The van der Waals surface area contributed by atoms with Crippen LogP contribution in [0.4, 0.5) is 0 Å². The van der Waals surface area contributed by atoms with E-state index in [1.54, 1.807) is 6.07 Å². The van der Waals surface area contributed by atoms with Gasteiger partial charge in [-0.15, -0.1) is 0 Å². The standard InChI is InChI=1S/C16H11NO5/c17-8-11(5-9-1-3-12(18)14(20)6-9)16(22)10-2-4-13(19)15(21)7-10/h1-7,18-21H/b11-5-. The number of ketones is 1. The SMILES string of the molecule is N#C/C(=C/c1ccc(O)c(O)c1)C(=O)c1ccc(O)c(O)c1. The molecule has 0 fully saturated rings. The Bertz CT molecular complexity index is 818. The van der Waals surface area contributed by atoms with Crippen molar-refractivity contribution in [2.45, 2.75) is 0 Å². The van der Waals surface area contributed by atoms with Crippen LogP contribution in [0.25, 0.3) is 6.08 Å². The Morgan fingerprint density at radius 1 is 0.909 bits per heavy atom. The van der Waals surface area contributed by atoms with E-state index >= 15 is 0 Å². The largest absolute Gasteiger partial charge is 0.504 e. The number of carbonyl (C=O) groups is 1. The Morgan fingerprint density at radius 3 is 2.05 bits per heavy atom. The van der Waals surface area contributed by atoms with Crippen LogP contribution in [0, 0.1) is 11.3 Å². The minimum absolute atomic E-state index is 0.0334. The molecule has 0 saturated heterocycles. The fraction of sp³-hybridized carbons (Fsp3) is 0. The van der Waals surface area contributed by atoms with Gasteiger partial charge in [0.25, 0.3) is 0 Å². The molecule has 0 aromatic heterocycles. The lowest BCUT2D eigenvalue weighted by molar-refractivity contribution is 0.103. The van der Waals surface area contributed by atoms with Crippen molar-refractivity contribution in [2.24, 2.45) is 0 Å². The van der Waals surface area contributed by atoms with E-state index in [9.17, 15) is 25.2 Å². The van der Waals surface area contributed by atoms with Crippen molar-refractivity contribution in [2.75, 3.05) is 0 Å². The van der Waals surface area contributed by atoms with Crippen LogP contribution in [0.2, 0.25) is 0 Å². The first kappa shape index (κ1) is 14.9. The van der Waals surface area contributed by atoms with E-state index in [1.165, 1.54) is 30.3 Å². The van der Waals surface area contributed by atoms with E-state index < -0.39 is 11.5 Å². The summed E-state index contributed by atoms with van der Waals surface area (Å²) < 4.78 is 0. The molecule has 0 atom stereocenters. The van der Waals surface area contributed by atoms with Crippen molar-refractivity contribution in [1.82, 2.24) is 0 Å². The first-order valence-corrected chi connectivity index (χ1v) is 6.13. The van der Waals surface area contributed by atoms with Crippen LogP contribution in [0.15, 0.2) is 42.0 Å². The molecule has 0 saturated carbocycles. The topological polar surface area (TPSA) is 122 Å². The maximum Gasteiger partial charge on any atom is 0.203 e. The number of nitriles is 1. The molecule has 0 aliphatic heterocycles. The Kier molecular flexibility index (Phi) is 4.00. The number of hydrogen-bond acceptors (Lipinski definition) is 6. The molecular weight excluding hydrogens is 286 g/mol. The molecule has 0 bridgehead atoms. The van der Waals surface area contributed by atoms with Crippen LogP contribution >= 0.6 is 0 Å². The lowest BCUT2D eigenvalue weighted by Crippen LogP contribution is -2.01. The molecule has 0 unspecified atom stereocenters. The predicted molar refractivity (Wildman–Crippen MR) is 77.5 cm³/mol. The molecule has 6 nitrogen and oxygen atoms in total. The summed E-state index contributed by atoms with van der Waals surface area (Å²) in [5.74, 6) is -2.18. The van der Waals surface area contributed by atoms with Gasteiger partial charge in [0.1, 0.15) is 11.6 Å². The number of aromatic hydroxyl groups is 4. The van der Waals surface area contributed by atoms with Gasteiger partial charge < -0.3 is 20.4 Å². The molecule has 0 amide bonds. The van der Waals surface area contributed by atoms with Gasteiger partial charge in [0.2, 0.25) is 5.78 Å². The average molecular weight is 297 g/mol. The fourth-order valence-corrected chi connectivity index (χ4v) is 1.77. The monoisotopic (exact) mass is 297 g/mol. The summed E-state index contributed by atoms with van der Waals surface area (Å²) >= 11 is 0. The highest BCUT2D eigenvalue weighted by atomic mass is 16.3. The van der Waals surface area contributed by atoms with Gasteiger partial charge >= 0.3 is 0 Å². The zero-order chi connectivity index (χ0) is 16.3. The van der Waals surface area contributed by atoms with Crippen LogP contribution in [0.3, 0.4) is 0 Å². The van der Waals surface area contributed by atoms with Crippen LogP contribution in [0.1, 0.15) is 15.9 Å². The Balaban J connectivity index is 2.40. The lowest BCUT2D eigenvalue weighted by atomic mass is 10.0. The second-order valence-electron chi connectivity index (χ2n) is 4.45. The third-order valence-electron chi connectivity index (χ3n) is 2.91. The highest BCUT2D eigenvalue weighted by Crippen LogP contribution is 2.28. The van der Waals surface area contributed by atoms with Crippen molar-refractivity contribution in [3.8, 4) is 29.1 Å². The van der Waals surface area contributed by atoms with Gasteiger partial charge in [0, 0.05) is 5.56 Å². The number of phenols is 4. The minimum atomic E-state index is -0.648. The van der Waals surface area contributed by atoms with Crippen molar-refractivity contribution >= 4 is 11.9 Å². The maximum atomic E-state index is 12.2. The predicted octanol–water partition coefficient (Wildman–Crippen LogP) is 2.30. The summed E-state index contributed by atoms with van der Waals surface area (Å²) in [5.41, 5.74) is 0.157. The normalized spacial score (nSPS) is 11.0. The molecule has 0 radical (unpaired) electrons. The van der Waals surface area contributed by atoms with Gasteiger partial charge in [-0.3, -0.25) is 4.79 Å². The van der Waals surface area contributed by atoms with Crippen molar-refractivity contribution in [3.05, 3.63) is 53.1 Å². The third-order valence-corrected chi connectivity index (χ3v) is 2.91. The van der Waals surface area contributed by atoms with Crippen LogP contribution in [-0.2, 0) is 0 Å². The van der Waals surface area contributed by atoms with E-state index in [4.69, 9.17) is 5.26 Å². The first-order valence-electron chi connectivity index (χ1n) is 6.13. The van der Waals surface area contributed by atoms with Crippen LogP contribution in [-0.4, -0.2) is 26.2 Å². The zero-order valence-corrected chi connectivity index (χ0v) is 11.2. The molecule has 4 N–H and O–H groups in total. The Labute approximate surface area is 125 Å². The smallest absolute Gasteiger partial charge is 0.203 e. The highest BCUT2D eigenvalue weighted by molar-refractivity contribution is 6.14. The molecular formula is C16H11NO5. The molecule has 110 valence electrons. The molecule has 22 heavy (non-hydrogen) atoms. The zero-order valence-electron chi connectivity index (χ0n) is 11.2. The number of rotatable bonds is 3. The molecule has 0 spiro atoms. The fourth-order valence-electron chi connectivity index (χ4n) is 1.77. The lowest BCUT2D eigenvalue weighted by Gasteiger charge is -2.03. The molecule has 6 heteroatoms.